The number of hydrogen-bond acceptors (Lipinski definition) is 4. The first-order valence-corrected chi connectivity index (χ1v) is 7.31. The molecule has 0 bridgehead atoms. The van der Waals surface area contributed by atoms with Crippen LogP contribution < -0.4 is 0 Å². The van der Waals surface area contributed by atoms with E-state index in [1.165, 1.54) is 16.8 Å². The van der Waals surface area contributed by atoms with Gasteiger partial charge in [0.25, 0.3) is 5.91 Å². The largest absolute Gasteiger partial charge is 0.331 e. The second-order valence-electron chi connectivity index (χ2n) is 4.60. The average molecular weight is 273 g/mol. The number of hydrogen-bond donors (Lipinski definition) is 0. The monoisotopic (exact) mass is 273 g/mol. The van der Waals surface area contributed by atoms with Crippen molar-refractivity contribution in [1.82, 2.24) is 14.9 Å². The zero-order chi connectivity index (χ0) is 13.2. The predicted octanol–water partition coefficient (Wildman–Crippen LogP) is 2.69. The van der Waals surface area contributed by atoms with Crippen molar-refractivity contribution in [1.29, 1.82) is 0 Å². The highest BCUT2D eigenvalue weighted by Gasteiger charge is 2.30. The summed E-state index contributed by atoms with van der Waals surface area (Å²) < 4.78 is 0. The fourth-order valence-corrected chi connectivity index (χ4v) is 3.58. The van der Waals surface area contributed by atoms with Crippen LogP contribution in [0, 0.1) is 0 Å². The van der Waals surface area contributed by atoms with Gasteiger partial charge in [-0.1, -0.05) is 6.92 Å². The number of carbonyl (C=O) groups excluding carboxylic acids is 1. The van der Waals surface area contributed by atoms with Gasteiger partial charge in [0.15, 0.2) is 0 Å². The number of thiophene rings is 1. The molecule has 1 unspecified atom stereocenters. The molecular weight excluding hydrogens is 258 g/mol. The molecule has 0 saturated heterocycles. The first-order valence-electron chi connectivity index (χ1n) is 6.43. The van der Waals surface area contributed by atoms with Crippen LogP contribution >= 0.6 is 11.3 Å². The lowest BCUT2D eigenvalue weighted by Crippen LogP contribution is -2.39. The lowest BCUT2D eigenvalue weighted by molar-refractivity contribution is 0.0656. The zero-order valence-electron chi connectivity index (χ0n) is 10.7. The topological polar surface area (TPSA) is 46.1 Å². The fraction of sp³-hybridized carbons (Fsp3) is 0.357. The van der Waals surface area contributed by atoms with Crippen LogP contribution in [0.15, 0.2) is 30.2 Å². The standard InChI is InChI=1S/C14H15N3OS/c1-2-12-11-4-6-19-13(11)3-5-17(12)14(18)10-7-15-9-16-8-10/h4,6-9,12H,2-3,5H2,1H3. The third kappa shape index (κ3) is 2.14. The molecule has 19 heavy (non-hydrogen) atoms. The summed E-state index contributed by atoms with van der Waals surface area (Å²) in [6.45, 7) is 2.90. The van der Waals surface area contributed by atoms with Gasteiger partial charge >= 0.3 is 0 Å². The number of nitrogens with zero attached hydrogens (tertiary/aromatic N) is 3. The molecule has 0 radical (unpaired) electrons. The summed E-state index contributed by atoms with van der Waals surface area (Å²) in [6.07, 6.45) is 6.50. The van der Waals surface area contributed by atoms with Crippen LogP contribution in [0.4, 0.5) is 0 Å². The minimum Gasteiger partial charge on any atom is -0.331 e. The molecule has 98 valence electrons. The van der Waals surface area contributed by atoms with Crippen LogP contribution in [0.5, 0.6) is 0 Å². The number of aromatic nitrogens is 2. The smallest absolute Gasteiger partial charge is 0.257 e. The minimum atomic E-state index is 0.0318. The molecule has 1 aliphatic rings. The summed E-state index contributed by atoms with van der Waals surface area (Å²) in [5.41, 5.74) is 1.88. The lowest BCUT2D eigenvalue weighted by atomic mass is 9.97. The van der Waals surface area contributed by atoms with Gasteiger partial charge in [-0.15, -0.1) is 11.3 Å². The molecule has 0 saturated carbocycles. The van der Waals surface area contributed by atoms with E-state index in [0.29, 0.717) is 5.56 Å². The van der Waals surface area contributed by atoms with Crippen molar-refractivity contribution in [2.45, 2.75) is 25.8 Å². The molecule has 0 N–H and O–H groups in total. The van der Waals surface area contributed by atoms with E-state index in [1.54, 1.807) is 23.7 Å². The Morgan fingerprint density at radius 1 is 1.47 bits per heavy atom. The van der Waals surface area contributed by atoms with E-state index in [0.717, 1.165) is 19.4 Å². The molecule has 1 atom stereocenters. The molecule has 1 aliphatic heterocycles. The highest BCUT2D eigenvalue weighted by molar-refractivity contribution is 7.10. The van der Waals surface area contributed by atoms with Gasteiger partial charge in [-0.2, -0.15) is 0 Å². The first-order chi connectivity index (χ1) is 9.31. The normalized spacial score (nSPS) is 18.2. The maximum Gasteiger partial charge on any atom is 0.257 e. The highest BCUT2D eigenvalue weighted by atomic mass is 32.1. The second kappa shape index (κ2) is 5.09. The van der Waals surface area contributed by atoms with Crippen LogP contribution in [0.25, 0.3) is 0 Å². The molecule has 2 aromatic heterocycles. The van der Waals surface area contributed by atoms with Crippen LogP contribution in [0.2, 0.25) is 0 Å². The van der Waals surface area contributed by atoms with Gasteiger partial charge in [0.05, 0.1) is 11.6 Å². The molecule has 5 heteroatoms. The fourth-order valence-electron chi connectivity index (χ4n) is 2.66. The molecule has 0 fully saturated rings. The maximum absolute atomic E-state index is 12.6. The maximum atomic E-state index is 12.6. The number of carbonyl (C=O) groups is 1. The van der Waals surface area contributed by atoms with E-state index in [1.807, 2.05) is 4.90 Å². The van der Waals surface area contributed by atoms with Gasteiger partial charge < -0.3 is 4.90 Å². The van der Waals surface area contributed by atoms with E-state index in [9.17, 15) is 4.79 Å². The summed E-state index contributed by atoms with van der Waals surface area (Å²) in [4.78, 5) is 23.8. The minimum absolute atomic E-state index is 0.0318. The van der Waals surface area contributed by atoms with Crippen molar-refractivity contribution in [2.24, 2.45) is 0 Å². The van der Waals surface area contributed by atoms with Crippen molar-refractivity contribution < 1.29 is 4.79 Å². The highest BCUT2D eigenvalue weighted by Crippen LogP contribution is 2.35. The average Bonchev–Trinajstić information content (AvgIpc) is 2.94. The Balaban J connectivity index is 1.92. The summed E-state index contributed by atoms with van der Waals surface area (Å²) >= 11 is 1.79. The van der Waals surface area contributed by atoms with E-state index in [-0.39, 0.29) is 11.9 Å². The van der Waals surface area contributed by atoms with Crippen molar-refractivity contribution in [3.05, 3.63) is 46.2 Å². The van der Waals surface area contributed by atoms with E-state index in [4.69, 9.17) is 0 Å². The van der Waals surface area contributed by atoms with E-state index in [2.05, 4.69) is 28.3 Å². The number of rotatable bonds is 2. The van der Waals surface area contributed by atoms with Gasteiger partial charge in [-0.25, -0.2) is 9.97 Å². The Morgan fingerprint density at radius 3 is 3.00 bits per heavy atom. The Kier molecular flexibility index (Phi) is 3.29. The summed E-state index contributed by atoms with van der Waals surface area (Å²) in [7, 11) is 0. The Bertz CT molecular complexity index is 581. The molecule has 3 rings (SSSR count). The van der Waals surface area contributed by atoms with Crippen LogP contribution in [-0.4, -0.2) is 27.3 Å². The molecule has 1 amide bonds. The zero-order valence-corrected chi connectivity index (χ0v) is 11.6. The molecule has 0 aliphatic carbocycles. The quantitative estimate of drug-likeness (QED) is 0.845. The molecule has 2 aromatic rings. The van der Waals surface area contributed by atoms with Crippen molar-refractivity contribution in [2.75, 3.05) is 6.54 Å². The van der Waals surface area contributed by atoms with Crippen LogP contribution in [-0.2, 0) is 6.42 Å². The molecule has 4 nitrogen and oxygen atoms in total. The van der Waals surface area contributed by atoms with Gasteiger partial charge in [-0.3, -0.25) is 4.79 Å². The van der Waals surface area contributed by atoms with E-state index < -0.39 is 0 Å². The van der Waals surface area contributed by atoms with Crippen molar-refractivity contribution in [3.8, 4) is 0 Å². The van der Waals surface area contributed by atoms with Crippen molar-refractivity contribution in [3.63, 3.8) is 0 Å². The second-order valence-corrected chi connectivity index (χ2v) is 5.60. The third-order valence-electron chi connectivity index (χ3n) is 3.55. The van der Waals surface area contributed by atoms with Gasteiger partial charge in [0, 0.05) is 23.8 Å². The van der Waals surface area contributed by atoms with Crippen LogP contribution in [0.3, 0.4) is 0 Å². The van der Waals surface area contributed by atoms with Crippen LogP contribution in [0.1, 0.15) is 40.2 Å². The van der Waals surface area contributed by atoms with Gasteiger partial charge in [-0.05, 0) is 29.9 Å². The Morgan fingerprint density at radius 2 is 2.26 bits per heavy atom. The predicted molar refractivity (Wildman–Crippen MR) is 74.1 cm³/mol. The summed E-state index contributed by atoms with van der Waals surface area (Å²) in [5.74, 6) is 0.0318. The van der Waals surface area contributed by atoms with Crippen molar-refractivity contribution >= 4 is 17.2 Å². The van der Waals surface area contributed by atoms with Gasteiger partial charge in [0.2, 0.25) is 0 Å². The van der Waals surface area contributed by atoms with E-state index >= 15 is 0 Å². The lowest BCUT2D eigenvalue weighted by Gasteiger charge is -2.35. The molecule has 3 heterocycles. The molecule has 0 spiro atoms. The summed E-state index contributed by atoms with van der Waals surface area (Å²) in [6, 6.07) is 2.33. The molecular formula is C14H15N3OS. The SMILES string of the molecule is CCC1c2ccsc2CCN1C(=O)c1cncnc1. The number of amides is 1. The number of fused-ring (bicyclic) bond motifs is 1. The third-order valence-corrected chi connectivity index (χ3v) is 4.55. The van der Waals surface area contributed by atoms with Gasteiger partial charge in [0.1, 0.15) is 6.33 Å². The Hall–Kier alpha value is -1.75. The Labute approximate surface area is 116 Å². The first kappa shape index (κ1) is 12.3. The summed E-state index contributed by atoms with van der Waals surface area (Å²) in [5, 5.41) is 2.12. The molecule has 0 aromatic carbocycles.